The van der Waals surface area contributed by atoms with Crippen molar-refractivity contribution in [3.05, 3.63) is 94.0 Å². The number of imide groups is 1. The Labute approximate surface area is 274 Å². The van der Waals surface area contributed by atoms with E-state index < -0.39 is 23.9 Å². The van der Waals surface area contributed by atoms with Crippen LogP contribution in [-0.4, -0.2) is 66.3 Å². The van der Waals surface area contributed by atoms with Gasteiger partial charge in [-0.15, -0.1) is 0 Å². The number of carbonyl (C=O) groups is 3. The van der Waals surface area contributed by atoms with Gasteiger partial charge in [0, 0.05) is 10.4 Å². The Hall–Kier alpha value is -4.84. The molecular formula is C34H31BrN6O5. The molecule has 7 rings (SSSR count). The van der Waals surface area contributed by atoms with Crippen molar-refractivity contribution < 1.29 is 23.9 Å². The molecule has 234 valence electrons. The molecular weight excluding hydrogens is 652 g/mol. The number of amides is 3. The molecule has 3 aromatic carbocycles. The van der Waals surface area contributed by atoms with Gasteiger partial charge in [0.2, 0.25) is 0 Å². The Balaban J connectivity index is 1.19. The first-order valence-electron chi connectivity index (χ1n) is 15.1. The maximum absolute atomic E-state index is 14.2. The quantitative estimate of drug-likeness (QED) is 0.300. The lowest BCUT2D eigenvalue weighted by molar-refractivity contribution is -0.136. The number of fused-ring (bicyclic) bond motifs is 2. The van der Waals surface area contributed by atoms with Gasteiger partial charge in [-0.05, 0) is 84.5 Å². The molecule has 4 aliphatic rings. The molecule has 46 heavy (non-hydrogen) atoms. The second kappa shape index (κ2) is 12.2. The zero-order valence-electron chi connectivity index (χ0n) is 25.2. The molecule has 2 fully saturated rings. The highest BCUT2D eigenvalue weighted by molar-refractivity contribution is 9.10. The molecule has 4 atom stereocenters. The fraction of sp³-hybridized carbons (Fsp3) is 0.294. The van der Waals surface area contributed by atoms with Crippen LogP contribution in [0.3, 0.4) is 0 Å². The number of halogens is 1. The first-order chi connectivity index (χ1) is 22.4. The molecule has 1 saturated heterocycles. The number of anilines is 1. The van der Waals surface area contributed by atoms with E-state index in [-0.39, 0.29) is 24.4 Å². The normalized spacial score (nSPS) is 24.4. The number of hydrazone groups is 1. The Morgan fingerprint density at radius 1 is 0.957 bits per heavy atom. The number of benzene rings is 3. The summed E-state index contributed by atoms with van der Waals surface area (Å²) in [4.78, 5) is 42.1. The topological polar surface area (TPSA) is 116 Å². The largest absolute Gasteiger partial charge is 0.497 e. The molecule has 3 heterocycles. The standard InChI is InChI=1S/C34H31BrN6O5/c1-45-25-13-9-20(10-14-25)17-22-5-3-8-27-29(22)37-41(31(27)21-11-15-26(46-2)16-12-21)28(42)19-39-32-30(36-38-39)33(43)40(34(32)44)24-7-4-6-23(35)18-24/h4,6-7,9-18,27,30-32H,3,5,8,19H2,1-2H3/b22-17+. The molecule has 0 spiro atoms. The highest BCUT2D eigenvalue weighted by Crippen LogP contribution is 2.45. The van der Waals surface area contributed by atoms with Gasteiger partial charge in [0.1, 0.15) is 18.0 Å². The van der Waals surface area contributed by atoms with Gasteiger partial charge in [0.05, 0.1) is 31.7 Å². The smallest absolute Gasteiger partial charge is 0.264 e. The Morgan fingerprint density at radius 2 is 1.67 bits per heavy atom. The fourth-order valence-electron chi connectivity index (χ4n) is 6.68. The van der Waals surface area contributed by atoms with Crippen molar-refractivity contribution in [3.63, 3.8) is 0 Å². The maximum atomic E-state index is 14.2. The van der Waals surface area contributed by atoms with Crippen LogP contribution < -0.4 is 14.4 Å². The van der Waals surface area contributed by atoms with Crippen LogP contribution in [0.4, 0.5) is 5.69 Å². The number of allylic oxidation sites excluding steroid dienone is 1. The van der Waals surface area contributed by atoms with E-state index in [4.69, 9.17) is 14.6 Å². The number of carbonyl (C=O) groups excluding carboxylic acids is 3. The molecule has 12 heteroatoms. The first kappa shape index (κ1) is 29.8. The molecule has 0 aromatic heterocycles. The summed E-state index contributed by atoms with van der Waals surface area (Å²) in [6.07, 6.45) is 4.78. The number of hydrogen-bond donors (Lipinski definition) is 0. The van der Waals surface area contributed by atoms with E-state index >= 15 is 0 Å². The van der Waals surface area contributed by atoms with Crippen LogP contribution in [-0.2, 0) is 14.4 Å². The number of nitrogens with zero attached hydrogens (tertiary/aromatic N) is 6. The van der Waals surface area contributed by atoms with Gasteiger partial charge in [0.25, 0.3) is 17.7 Å². The van der Waals surface area contributed by atoms with Gasteiger partial charge in [0.15, 0.2) is 12.1 Å². The van der Waals surface area contributed by atoms with Crippen LogP contribution in [0, 0.1) is 5.92 Å². The van der Waals surface area contributed by atoms with Gasteiger partial charge < -0.3 is 9.47 Å². The molecule has 4 unspecified atom stereocenters. The molecule has 1 aliphatic carbocycles. The second-order valence-corrected chi connectivity index (χ2v) is 12.5. The van der Waals surface area contributed by atoms with E-state index in [1.165, 1.54) is 10.0 Å². The molecule has 3 aromatic rings. The molecule has 3 amide bonds. The van der Waals surface area contributed by atoms with E-state index in [0.29, 0.717) is 11.4 Å². The average Bonchev–Trinajstić information content (AvgIpc) is 3.74. The van der Waals surface area contributed by atoms with Gasteiger partial charge in [-0.25, -0.2) is 9.91 Å². The minimum absolute atomic E-state index is 0.0229. The third-order valence-corrected chi connectivity index (χ3v) is 9.39. The molecule has 3 aliphatic heterocycles. The van der Waals surface area contributed by atoms with Crippen molar-refractivity contribution in [2.75, 3.05) is 25.7 Å². The summed E-state index contributed by atoms with van der Waals surface area (Å²) in [5.74, 6) is 0.194. The summed E-state index contributed by atoms with van der Waals surface area (Å²) >= 11 is 3.40. The summed E-state index contributed by atoms with van der Waals surface area (Å²) in [5.41, 5.74) is 4.35. The van der Waals surface area contributed by atoms with Crippen molar-refractivity contribution in [2.24, 2.45) is 21.4 Å². The van der Waals surface area contributed by atoms with Crippen LogP contribution >= 0.6 is 15.9 Å². The minimum Gasteiger partial charge on any atom is -0.497 e. The zero-order chi connectivity index (χ0) is 31.9. The monoisotopic (exact) mass is 682 g/mol. The third kappa shape index (κ3) is 5.26. The molecule has 0 bridgehead atoms. The number of hydrogen-bond acceptors (Lipinski definition) is 9. The number of rotatable bonds is 7. The lowest BCUT2D eigenvalue weighted by atomic mass is 9.77. The Kier molecular flexibility index (Phi) is 7.89. The second-order valence-electron chi connectivity index (χ2n) is 11.6. The van der Waals surface area contributed by atoms with E-state index in [9.17, 15) is 14.4 Å². The van der Waals surface area contributed by atoms with Gasteiger partial charge >= 0.3 is 0 Å². The minimum atomic E-state index is -1.01. The first-order valence-corrected chi connectivity index (χ1v) is 15.9. The third-order valence-electron chi connectivity index (χ3n) is 8.89. The predicted molar refractivity (Wildman–Crippen MR) is 174 cm³/mol. The maximum Gasteiger partial charge on any atom is 0.264 e. The van der Waals surface area contributed by atoms with Crippen LogP contribution in [0.5, 0.6) is 11.5 Å². The molecule has 0 radical (unpaired) electrons. The fourth-order valence-corrected chi connectivity index (χ4v) is 7.06. The predicted octanol–water partition coefficient (Wildman–Crippen LogP) is 5.58. The number of ether oxygens (including phenoxy) is 2. The number of methoxy groups -OCH3 is 2. The highest BCUT2D eigenvalue weighted by Gasteiger charge is 2.55. The van der Waals surface area contributed by atoms with Crippen LogP contribution in [0.15, 0.2) is 98.3 Å². The molecule has 11 nitrogen and oxygen atoms in total. The van der Waals surface area contributed by atoms with Crippen molar-refractivity contribution in [3.8, 4) is 11.5 Å². The van der Waals surface area contributed by atoms with E-state index in [0.717, 1.165) is 56.8 Å². The average molecular weight is 684 g/mol. The molecule has 0 N–H and O–H groups in total. The lowest BCUT2D eigenvalue weighted by Crippen LogP contribution is -2.45. The summed E-state index contributed by atoms with van der Waals surface area (Å²) < 4.78 is 11.4. The summed E-state index contributed by atoms with van der Waals surface area (Å²) in [6, 6.07) is 20.1. The van der Waals surface area contributed by atoms with Crippen LogP contribution in [0.25, 0.3) is 6.08 Å². The van der Waals surface area contributed by atoms with Crippen LogP contribution in [0.2, 0.25) is 0 Å². The zero-order valence-corrected chi connectivity index (χ0v) is 26.8. The van der Waals surface area contributed by atoms with Crippen molar-refractivity contribution >= 4 is 51.1 Å². The van der Waals surface area contributed by atoms with E-state index in [2.05, 4.69) is 32.3 Å². The van der Waals surface area contributed by atoms with E-state index in [1.54, 1.807) is 32.4 Å². The molecule has 1 saturated carbocycles. The summed E-state index contributed by atoms with van der Waals surface area (Å²) in [7, 11) is 3.25. The van der Waals surface area contributed by atoms with Crippen molar-refractivity contribution in [1.29, 1.82) is 0 Å². The van der Waals surface area contributed by atoms with Gasteiger partial charge in [-0.2, -0.15) is 10.2 Å². The summed E-state index contributed by atoms with van der Waals surface area (Å²) in [6.45, 7) is -0.260. The van der Waals surface area contributed by atoms with Crippen molar-refractivity contribution in [1.82, 2.24) is 10.0 Å². The Bertz CT molecular complexity index is 1790. The van der Waals surface area contributed by atoms with Crippen molar-refractivity contribution in [2.45, 2.75) is 37.4 Å². The van der Waals surface area contributed by atoms with Gasteiger partial charge in [-0.1, -0.05) is 51.5 Å². The SMILES string of the molecule is COc1ccc(/C=C2\CCCC3C2=NN(C(=O)CN2N=NC4C(=O)N(c5cccc(Br)c5)C(=O)C42)C3c2ccc(OC)cc2)cc1. The lowest BCUT2D eigenvalue weighted by Gasteiger charge is -2.30. The Morgan fingerprint density at radius 3 is 2.37 bits per heavy atom. The highest BCUT2D eigenvalue weighted by atomic mass is 79.9. The van der Waals surface area contributed by atoms with Crippen LogP contribution in [0.1, 0.15) is 36.4 Å². The van der Waals surface area contributed by atoms with Gasteiger partial charge in [-0.3, -0.25) is 19.4 Å². The van der Waals surface area contributed by atoms with E-state index in [1.807, 2.05) is 54.6 Å². The summed E-state index contributed by atoms with van der Waals surface area (Å²) in [5, 5.41) is 16.1.